The van der Waals surface area contributed by atoms with Gasteiger partial charge in [0.05, 0.1) is 17.8 Å². The molecule has 0 radical (unpaired) electrons. The zero-order chi connectivity index (χ0) is 20.9. The lowest BCUT2D eigenvalue weighted by Crippen LogP contribution is -2.50. The van der Waals surface area contributed by atoms with Gasteiger partial charge in [-0.3, -0.25) is 14.7 Å². The predicted molar refractivity (Wildman–Crippen MR) is 103 cm³/mol. The van der Waals surface area contributed by atoms with Crippen LogP contribution in [0.2, 0.25) is 0 Å². The number of hydrogen-bond donors (Lipinski definition) is 1. The van der Waals surface area contributed by atoms with Gasteiger partial charge >= 0.3 is 6.18 Å². The molecule has 1 aliphatic heterocycles. The Kier molecular flexibility index (Phi) is 6.68. The number of carbonyl (C=O) groups excluding carboxylic acids is 1. The number of nitrogens with zero attached hydrogens (tertiary/aromatic N) is 4. The van der Waals surface area contributed by atoms with Crippen molar-refractivity contribution in [3.63, 3.8) is 0 Å². The van der Waals surface area contributed by atoms with Crippen LogP contribution in [-0.2, 0) is 17.5 Å². The van der Waals surface area contributed by atoms with E-state index in [4.69, 9.17) is 0 Å². The number of alkyl halides is 3. The molecule has 0 aliphatic carbocycles. The molecule has 2 aromatic heterocycles. The molecule has 0 bridgehead atoms. The minimum atomic E-state index is -4.40. The standard InChI is InChI=1S/C20H24F3N5O/c1-27(12-16-5-2-3-9-24-16)14-19(29)26-17-6-4-10-28(13-17)18-8-7-15(11-25-18)20(21,22)23/h2-3,5,7-9,11,17H,4,6,10,12-14H2,1H3,(H,26,29)/t17-/m0/s1. The van der Waals surface area contributed by atoms with Crippen LogP contribution in [0.4, 0.5) is 19.0 Å². The van der Waals surface area contributed by atoms with E-state index in [2.05, 4.69) is 15.3 Å². The summed E-state index contributed by atoms with van der Waals surface area (Å²) in [6.45, 7) is 2.03. The molecule has 1 aliphatic rings. The topological polar surface area (TPSA) is 61.4 Å². The molecule has 29 heavy (non-hydrogen) atoms. The van der Waals surface area contributed by atoms with Crippen molar-refractivity contribution in [2.45, 2.75) is 31.6 Å². The summed E-state index contributed by atoms with van der Waals surface area (Å²) in [6.07, 6.45) is -0.172. The number of pyridine rings is 2. The van der Waals surface area contributed by atoms with Crippen LogP contribution in [-0.4, -0.2) is 53.5 Å². The van der Waals surface area contributed by atoms with E-state index in [1.165, 1.54) is 6.07 Å². The van der Waals surface area contributed by atoms with Gasteiger partial charge in [-0.1, -0.05) is 6.07 Å². The molecule has 6 nitrogen and oxygen atoms in total. The minimum Gasteiger partial charge on any atom is -0.355 e. The fraction of sp³-hybridized carbons (Fsp3) is 0.450. The first-order valence-electron chi connectivity index (χ1n) is 9.47. The first kappa shape index (κ1) is 21.0. The Morgan fingerprint density at radius 1 is 1.28 bits per heavy atom. The number of likely N-dealkylation sites (N-methyl/N-ethyl adjacent to an activating group) is 1. The quantitative estimate of drug-likeness (QED) is 0.798. The fourth-order valence-electron chi connectivity index (χ4n) is 3.39. The number of carbonyl (C=O) groups is 1. The minimum absolute atomic E-state index is 0.0661. The number of hydrogen-bond acceptors (Lipinski definition) is 5. The smallest absolute Gasteiger partial charge is 0.355 e. The molecule has 0 aromatic carbocycles. The van der Waals surface area contributed by atoms with Crippen molar-refractivity contribution in [3.05, 3.63) is 54.0 Å². The summed E-state index contributed by atoms with van der Waals surface area (Å²) in [5.74, 6) is 0.403. The Bertz CT molecular complexity index is 798. The van der Waals surface area contributed by atoms with Crippen LogP contribution in [0.25, 0.3) is 0 Å². The summed E-state index contributed by atoms with van der Waals surface area (Å²) in [5.41, 5.74) is 0.124. The maximum absolute atomic E-state index is 12.7. The lowest BCUT2D eigenvalue weighted by molar-refractivity contribution is -0.137. The molecule has 1 N–H and O–H groups in total. The molecule has 1 fully saturated rings. The Balaban J connectivity index is 1.50. The van der Waals surface area contributed by atoms with E-state index in [0.29, 0.717) is 25.5 Å². The second-order valence-electron chi connectivity index (χ2n) is 7.25. The largest absolute Gasteiger partial charge is 0.417 e. The lowest BCUT2D eigenvalue weighted by Gasteiger charge is -2.34. The molecule has 2 aromatic rings. The molecule has 3 rings (SSSR count). The van der Waals surface area contributed by atoms with Crippen molar-refractivity contribution in [3.8, 4) is 0 Å². The molecule has 1 saturated heterocycles. The summed E-state index contributed by atoms with van der Waals surface area (Å²) in [5, 5.41) is 3.02. The molecule has 1 atom stereocenters. The highest BCUT2D eigenvalue weighted by Crippen LogP contribution is 2.29. The number of piperidine rings is 1. The fourth-order valence-corrected chi connectivity index (χ4v) is 3.39. The first-order chi connectivity index (χ1) is 13.8. The van der Waals surface area contributed by atoms with Crippen molar-refractivity contribution >= 4 is 11.7 Å². The summed E-state index contributed by atoms with van der Waals surface area (Å²) >= 11 is 0. The van der Waals surface area contributed by atoms with Crippen LogP contribution in [0.1, 0.15) is 24.1 Å². The highest BCUT2D eigenvalue weighted by Gasteiger charge is 2.31. The van der Waals surface area contributed by atoms with E-state index in [9.17, 15) is 18.0 Å². The molecular formula is C20H24F3N5O. The normalized spacial score (nSPS) is 17.4. The Hall–Kier alpha value is -2.68. The van der Waals surface area contributed by atoms with Crippen LogP contribution < -0.4 is 10.2 Å². The van der Waals surface area contributed by atoms with Gasteiger partial charge in [0.1, 0.15) is 5.82 Å². The van der Waals surface area contributed by atoms with E-state index in [1.54, 1.807) is 6.20 Å². The highest BCUT2D eigenvalue weighted by atomic mass is 19.4. The van der Waals surface area contributed by atoms with Crippen LogP contribution >= 0.6 is 0 Å². The third kappa shape index (κ3) is 6.15. The number of halogens is 3. The molecule has 1 amide bonds. The van der Waals surface area contributed by atoms with Crippen LogP contribution in [0, 0.1) is 0 Å². The third-order valence-electron chi connectivity index (χ3n) is 4.76. The summed E-state index contributed by atoms with van der Waals surface area (Å²) in [4.78, 5) is 24.4. The Morgan fingerprint density at radius 3 is 2.76 bits per heavy atom. The maximum Gasteiger partial charge on any atom is 0.417 e. The third-order valence-corrected chi connectivity index (χ3v) is 4.76. The second kappa shape index (κ2) is 9.21. The number of rotatable bonds is 6. The van der Waals surface area contributed by atoms with Gasteiger partial charge in [0, 0.05) is 38.1 Å². The van der Waals surface area contributed by atoms with Crippen LogP contribution in [0.3, 0.4) is 0 Å². The van der Waals surface area contributed by atoms with Gasteiger partial charge < -0.3 is 10.2 Å². The monoisotopic (exact) mass is 407 g/mol. The maximum atomic E-state index is 12.7. The lowest BCUT2D eigenvalue weighted by atomic mass is 10.1. The zero-order valence-electron chi connectivity index (χ0n) is 16.2. The van der Waals surface area contributed by atoms with E-state index in [1.807, 2.05) is 35.0 Å². The van der Waals surface area contributed by atoms with Crippen molar-refractivity contribution in [1.29, 1.82) is 0 Å². The van der Waals surface area contributed by atoms with E-state index in [-0.39, 0.29) is 18.5 Å². The Morgan fingerprint density at radius 2 is 2.10 bits per heavy atom. The molecule has 0 unspecified atom stereocenters. The van der Waals surface area contributed by atoms with Gasteiger partial charge in [-0.2, -0.15) is 13.2 Å². The van der Waals surface area contributed by atoms with E-state index in [0.717, 1.165) is 30.8 Å². The SMILES string of the molecule is CN(CC(=O)N[C@H]1CCCN(c2ccc(C(F)(F)F)cn2)C1)Cc1ccccn1. The zero-order valence-corrected chi connectivity index (χ0v) is 16.2. The van der Waals surface area contributed by atoms with Crippen LogP contribution in [0.5, 0.6) is 0 Å². The van der Waals surface area contributed by atoms with Gasteiger partial charge in [-0.25, -0.2) is 4.98 Å². The average Bonchev–Trinajstić information content (AvgIpc) is 2.68. The van der Waals surface area contributed by atoms with Crippen molar-refractivity contribution in [1.82, 2.24) is 20.2 Å². The first-order valence-corrected chi connectivity index (χ1v) is 9.47. The van der Waals surface area contributed by atoms with Crippen molar-refractivity contribution < 1.29 is 18.0 Å². The molecule has 0 spiro atoms. The summed E-state index contributed by atoms with van der Waals surface area (Å²) in [6, 6.07) is 8.01. The number of nitrogens with one attached hydrogen (secondary N) is 1. The summed E-state index contributed by atoms with van der Waals surface area (Å²) < 4.78 is 38.1. The molecule has 156 valence electrons. The predicted octanol–water partition coefficient (Wildman–Crippen LogP) is 2.71. The van der Waals surface area contributed by atoms with E-state index >= 15 is 0 Å². The molecule has 3 heterocycles. The van der Waals surface area contributed by atoms with Gasteiger partial charge in [0.15, 0.2) is 0 Å². The van der Waals surface area contributed by atoms with Crippen LogP contribution in [0.15, 0.2) is 42.7 Å². The number of amides is 1. The second-order valence-corrected chi connectivity index (χ2v) is 7.25. The molecule has 0 saturated carbocycles. The molecular weight excluding hydrogens is 383 g/mol. The summed E-state index contributed by atoms with van der Waals surface area (Å²) in [7, 11) is 1.85. The number of aromatic nitrogens is 2. The molecule has 9 heteroatoms. The van der Waals surface area contributed by atoms with Gasteiger partial charge in [0.25, 0.3) is 0 Å². The number of anilines is 1. The van der Waals surface area contributed by atoms with Gasteiger partial charge in [-0.05, 0) is 44.2 Å². The Labute approximate surface area is 167 Å². The van der Waals surface area contributed by atoms with Crippen molar-refractivity contribution in [2.75, 3.05) is 31.6 Å². The van der Waals surface area contributed by atoms with Gasteiger partial charge in [-0.15, -0.1) is 0 Å². The van der Waals surface area contributed by atoms with Crippen molar-refractivity contribution in [2.24, 2.45) is 0 Å². The van der Waals surface area contributed by atoms with Gasteiger partial charge in [0.2, 0.25) is 5.91 Å². The highest BCUT2D eigenvalue weighted by molar-refractivity contribution is 5.78. The average molecular weight is 407 g/mol. The van der Waals surface area contributed by atoms with E-state index < -0.39 is 11.7 Å².